The van der Waals surface area contributed by atoms with E-state index in [1.807, 2.05) is 0 Å². The van der Waals surface area contributed by atoms with Crippen molar-refractivity contribution < 1.29 is 14.7 Å². The van der Waals surface area contributed by atoms with Crippen molar-refractivity contribution in [3.63, 3.8) is 0 Å². The van der Waals surface area contributed by atoms with Crippen LogP contribution < -0.4 is 11.1 Å². The summed E-state index contributed by atoms with van der Waals surface area (Å²) < 4.78 is 0. The maximum atomic E-state index is 12.4. The number of amides is 1. The van der Waals surface area contributed by atoms with Gasteiger partial charge >= 0.3 is 5.97 Å². The van der Waals surface area contributed by atoms with E-state index in [2.05, 4.69) is 12.2 Å². The number of benzene rings is 1. The summed E-state index contributed by atoms with van der Waals surface area (Å²) in [6, 6.07) is 4.87. The minimum atomic E-state index is -1.00. The number of carboxylic acid groups (broad SMARTS) is 1. The van der Waals surface area contributed by atoms with Crippen molar-refractivity contribution in [2.24, 2.45) is 11.7 Å². The van der Waals surface area contributed by atoms with Gasteiger partial charge in [-0.2, -0.15) is 0 Å². The van der Waals surface area contributed by atoms with Crippen LogP contribution in [-0.2, 0) is 4.79 Å². The van der Waals surface area contributed by atoms with Gasteiger partial charge in [0.25, 0.3) is 0 Å². The molecule has 5 heteroatoms. The Hall–Kier alpha value is -1.88. The van der Waals surface area contributed by atoms with E-state index >= 15 is 0 Å². The Kier molecular flexibility index (Phi) is 4.32. The number of aromatic carboxylic acids is 1. The van der Waals surface area contributed by atoms with Crippen LogP contribution >= 0.6 is 0 Å². The predicted octanol–water partition coefficient (Wildman–Crippen LogP) is 2.54. The first-order valence-electron chi connectivity index (χ1n) is 7.26. The number of hydrogen-bond acceptors (Lipinski definition) is 3. The Morgan fingerprint density at radius 3 is 2.76 bits per heavy atom. The highest BCUT2D eigenvalue weighted by Crippen LogP contribution is 2.31. The quantitative estimate of drug-likeness (QED) is 0.797. The molecule has 1 saturated carbocycles. The van der Waals surface area contributed by atoms with E-state index in [9.17, 15) is 9.59 Å². The van der Waals surface area contributed by atoms with Gasteiger partial charge in [-0.25, -0.2) is 4.79 Å². The standard InChI is InChI=1S/C16H22N2O3/c1-10-4-3-7-16(17,9-10)15(21)18-12-6-5-11(2)13(8-12)14(19)20/h5-6,8,10H,3-4,7,9,17H2,1-2H3,(H,18,21)(H,19,20). The van der Waals surface area contributed by atoms with Gasteiger partial charge in [0, 0.05) is 5.69 Å². The lowest BCUT2D eigenvalue weighted by Crippen LogP contribution is -2.53. The third-order valence-electron chi connectivity index (χ3n) is 4.21. The molecule has 1 amide bonds. The number of carboxylic acids is 1. The van der Waals surface area contributed by atoms with Gasteiger partial charge in [-0.05, 0) is 43.4 Å². The maximum absolute atomic E-state index is 12.4. The van der Waals surface area contributed by atoms with E-state index in [0.717, 1.165) is 12.8 Å². The molecule has 1 aromatic rings. The Morgan fingerprint density at radius 2 is 2.14 bits per heavy atom. The maximum Gasteiger partial charge on any atom is 0.336 e. The first-order chi connectivity index (χ1) is 9.82. The van der Waals surface area contributed by atoms with Crippen LogP contribution in [0.2, 0.25) is 0 Å². The van der Waals surface area contributed by atoms with Gasteiger partial charge in [0.1, 0.15) is 0 Å². The Bertz CT molecular complexity index is 571. The van der Waals surface area contributed by atoms with Gasteiger partial charge in [-0.1, -0.05) is 25.8 Å². The van der Waals surface area contributed by atoms with Crippen LogP contribution in [-0.4, -0.2) is 22.5 Å². The number of nitrogens with two attached hydrogens (primary N) is 1. The van der Waals surface area contributed by atoms with Crippen molar-refractivity contribution in [1.82, 2.24) is 0 Å². The molecule has 0 aliphatic heterocycles. The van der Waals surface area contributed by atoms with Crippen molar-refractivity contribution in [3.05, 3.63) is 29.3 Å². The van der Waals surface area contributed by atoms with Crippen LogP contribution in [0.15, 0.2) is 18.2 Å². The number of hydrogen-bond donors (Lipinski definition) is 3. The highest BCUT2D eigenvalue weighted by molar-refractivity contribution is 5.99. The fourth-order valence-electron chi connectivity index (χ4n) is 2.98. The third kappa shape index (κ3) is 3.42. The van der Waals surface area contributed by atoms with Crippen molar-refractivity contribution in [3.8, 4) is 0 Å². The van der Waals surface area contributed by atoms with E-state index in [1.165, 1.54) is 6.07 Å². The van der Waals surface area contributed by atoms with Crippen LogP contribution in [0.5, 0.6) is 0 Å². The molecule has 0 saturated heterocycles. The lowest BCUT2D eigenvalue weighted by molar-refractivity contribution is -0.122. The molecular weight excluding hydrogens is 268 g/mol. The second-order valence-corrected chi connectivity index (χ2v) is 6.15. The molecule has 0 aromatic heterocycles. The van der Waals surface area contributed by atoms with E-state index in [1.54, 1.807) is 19.1 Å². The third-order valence-corrected chi connectivity index (χ3v) is 4.21. The average molecular weight is 290 g/mol. The predicted molar refractivity (Wildman–Crippen MR) is 81.3 cm³/mol. The lowest BCUT2D eigenvalue weighted by atomic mass is 9.76. The topological polar surface area (TPSA) is 92.4 Å². The zero-order chi connectivity index (χ0) is 15.6. The van der Waals surface area contributed by atoms with E-state index in [0.29, 0.717) is 30.0 Å². The Morgan fingerprint density at radius 1 is 1.43 bits per heavy atom. The van der Waals surface area contributed by atoms with Crippen LogP contribution in [0.3, 0.4) is 0 Å². The van der Waals surface area contributed by atoms with Gasteiger partial charge in [-0.3, -0.25) is 4.79 Å². The number of anilines is 1. The minimum absolute atomic E-state index is 0.191. The lowest BCUT2D eigenvalue weighted by Gasteiger charge is -2.35. The molecule has 2 unspecified atom stereocenters. The molecule has 1 aliphatic carbocycles. The first-order valence-corrected chi connectivity index (χ1v) is 7.26. The van der Waals surface area contributed by atoms with Crippen molar-refractivity contribution >= 4 is 17.6 Å². The van der Waals surface area contributed by atoms with Gasteiger partial charge in [0.2, 0.25) is 5.91 Å². The van der Waals surface area contributed by atoms with Crippen molar-refractivity contribution in [1.29, 1.82) is 0 Å². The van der Waals surface area contributed by atoms with Crippen LogP contribution in [0.4, 0.5) is 5.69 Å². The second kappa shape index (κ2) is 5.85. The van der Waals surface area contributed by atoms with Gasteiger partial charge in [0.15, 0.2) is 0 Å². The van der Waals surface area contributed by atoms with Crippen molar-refractivity contribution in [2.75, 3.05) is 5.32 Å². The Labute approximate surface area is 124 Å². The van der Waals surface area contributed by atoms with Gasteiger partial charge in [-0.15, -0.1) is 0 Å². The molecule has 0 spiro atoms. The second-order valence-electron chi connectivity index (χ2n) is 6.15. The zero-order valence-corrected chi connectivity index (χ0v) is 12.5. The molecule has 2 atom stereocenters. The summed E-state index contributed by atoms with van der Waals surface area (Å²) in [4.78, 5) is 23.5. The Balaban J connectivity index is 2.16. The molecule has 1 aromatic carbocycles. The normalized spacial score (nSPS) is 25.4. The molecule has 0 heterocycles. The number of nitrogens with one attached hydrogen (secondary N) is 1. The van der Waals surface area contributed by atoms with Crippen molar-refractivity contribution in [2.45, 2.75) is 45.1 Å². The van der Waals surface area contributed by atoms with Gasteiger partial charge in [0.05, 0.1) is 11.1 Å². The number of aryl methyl sites for hydroxylation is 1. The highest BCUT2D eigenvalue weighted by Gasteiger charge is 2.37. The number of rotatable bonds is 3. The summed E-state index contributed by atoms with van der Waals surface area (Å²) in [5.74, 6) is -0.798. The van der Waals surface area contributed by atoms with Crippen LogP contribution in [0.1, 0.15) is 48.5 Å². The molecule has 1 fully saturated rings. The smallest absolute Gasteiger partial charge is 0.336 e. The molecule has 21 heavy (non-hydrogen) atoms. The SMILES string of the molecule is Cc1ccc(NC(=O)C2(N)CCCC(C)C2)cc1C(=O)O. The van der Waals surface area contributed by atoms with Gasteiger partial charge < -0.3 is 16.2 Å². The van der Waals surface area contributed by atoms with Crippen LogP contribution in [0.25, 0.3) is 0 Å². The number of carbonyl (C=O) groups excluding carboxylic acids is 1. The van der Waals surface area contributed by atoms with E-state index in [-0.39, 0.29) is 11.5 Å². The summed E-state index contributed by atoms with van der Waals surface area (Å²) in [5, 5.41) is 11.9. The fourth-order valence-corrected chi connectivity index (χ4v) is 2.98. The molecule has 0 radical (unpaired) electrons. The molecule has 4 N–H and O–H groups in total. The number of carbonyl (C=O) groups is 2. The molecular formula is C16H22N2O3. The highest BCUT2D eigenvalue weighted by atomic mass is 16.4. The fraction of sp³-hybridized carbons (Fsp3) is 0.500. The molecule has 2 rings (SSSR count). The summed E-state index contributed by atoms with van der Waals surface area (Å²) >= 11 is 0. The molecule has 0 bridgehead atoms. The summed E-state index contributed by atoms with van der Waals surface area (Å²) in [5.41, 5.74) is 6.71. The molecule has 1 aliphatic rings. The molecule has 114 valence electrons. The minimum Gasteiger partial charge on any atom is -0.478 e. The first kappa shape index (κ1) is 15.5. The monoisotopic (exact) mass is 290 g/mol. The van der Waals surface area contributed by atoms with E-state index in [4.69, 9.17) is 10.8 Å². The summed E-state index contributed by atoms with van der Waals surface area (Å²) in [6.07, 6.45) is 3.37. The average Bonchev–Trinajstić information content (AvgIpc) is 2.40. The van der Waals surface area contributed by atoms with E-state index < -0.39 is 11.5 Å². The van der Waals surface area contributed by atoms with Crippen LogP contribution in [0, 0.1) is 12.8 Å². The molecule has 5 nitrogen and oxygen atoms in total. The summed E-state index contributed by atoms with van der Waals surface area (Å²) in [6.45, 7) is 3.82. The largest absolute Gasteiger partial charge is 0.478 e. The zero-order valence-electron chi connectivity index (χ0n) is 12.5. The summed E-state index contributed by atoms with van der Waals surface area (Å²) in [7, 11) is 0.